The summed E-state index contributed by atoms with van der Waals surface area (Å²) in [6.07, 6.45) is 8.32. The molecule has 24 heavy (non-hydrogen) atoms. The molecule has 0 N–H and O–H groups in total. The average Bonchev–Trinajstić information content (AvgIpc) is 2.57. The van der Waals surface area contributed by atoms with E-state index in [1.54, 1.807) is 6.08 Å². The van der Waals surface area contributed by atoms with Gasteiger partial charge in [0.15, 0.2) is 0 Å². The van der Waals surface area contributed by atoms with Crippen molar-refractivity contribution in [2.24, 2.45) is 17.8 Å². The van der Waals surface area contributed by atoms with E-state index in [1.807, 2.05) is 0 Å². The van der Waals surface area contributed by atoms with Gasteiger partial charge in [-0.05, 0) is 69.6 Å². The highest BCUT2D eigenvalue weighted by Crippen LogP contribution is 2.39. The molecule has 0 spiro atoms. The van der Waals surface area contributed by atoms with Crippen LogP contribution in [-0.4, -0.2) is 24.9 Å². The third-order valence-electron chi connectivity index (χ3n) is 6.36. The van der Waals surface area contributed by atoms with Crippen molar-refractivity contribution in [3.8, 4) is 0 Å². The van der Waals surface area contributed by atoms with Gasteiger partial charge in [0.1, 0.15) is 0 Å². The molecule has 0 aromatic heterocycles. The first-order valence-corrected chi connectivity index (χ1v) is 9.78. The van der Waals surface area contributed by atoms with Crippen molar-refractivity contribution in [1.29, 1.82) is 0 Å². The normalized spacial score (nSPS) is 40.2. The molecule has 1 heterocycles. The van der Waals surface area contributed by atoms with E-state index in [-0.39, 0.29) is 17.6 Å². The number of halogens is 2. The third-order valence-corrected chi connectivity index (χ3v) is 6.36. The Bertz CT molecular complexity index is 433. The van der Waals surface area contributed by atoms with E-state index in [0.29, 0.717) is 12.5 Å². The zero-order valence-electron chi connectivity index (χ0n) is 15.1. The number of hydrogen-bond acceptors (Lipinski definition) is 2. The highest BCUT2D eigenvalue weighted by Gasteiger charge is 2.42. The molecule has 2 aliphatic carbocycles. The topological polar surface area (TPSA) is 18.5 Å². The van der Waals surface area contributed by atoms with Crippen LogP contribution in [0.25, 0.3) is 0 Å². The fourth-order valence-electron chi connectivity index (χ4n) is 4.43. The Morgan fingerprint density at radius 2 is 1.75 bits per heavy atom. The van der Waals surface area contributed by atoms with Gasteiger partial charge in [0, 0.05) is 12.2 Å². The van der Waals surface area contributed by atoms with Gasteiger partial charge in [0.25, 0.3) is 0 Å². The third kappa shape index (κ3) is 4.57. The molecular formula is C20H32F2O2. The van der Waals surface area contributed by atoms with Gasteiger partial charge in [-0.2, -0.15) is 8.78 Å². The molecule has 0 saturated heterocycles. The maximum absolute atomic E-state index is 13.7. The lowest BCUT2D eigenvalue weighted by Crippen LogP contribution is -2.39. The SMILES string of the molecule is CC1=CCC(C2CCC(OCC3CCC(C)CC3)CC2)OC1(F)F. The van der Waals surface area contributed by atoms with Crippen LogP contribution in [0.1, 0.15) is 71.6 Å². The fraction of sp³-hybridized carbons (Fsp3) is 0.900. The van der Waals surface area contributed by atoms with Crippen LogP contribution < -0.4 is 0 Å². The smallest absolute Gasteiger partial charge is 0.378 e. The molecular weight excluding hydrogens is 310 g/mol. The Morgan fingerprint density at radius 1 is 1.08 bits per heavy atom. The van der Waals surface area contributed by atoms with Crippen molar-refractivity contribution in [3.63, 3.8) is 0 Å². The lowest BCUT2D eigenvalue weighted by molar-refractivity contribution is -0.253. The summed E-state index contributed by atoms with van der Waals surface area (Å²) in [4.78, 5) is 0. The van der Waals surface area contributed by atoms with Gasteiger partial charge in [0.2, 0.25) is 0 Å². The Labute approximate surface area is 145 Å². The van der Waals surface area contributed by atoms with Crippen LogP contribution in [-0.2, 0) is 9.47 Å². The molecule has 0 amide bonds. The largest absolute Gasteiger partial charge is 0.379 e. The second-order valence-corrected chi connectivity index (χ2v) is 8.29. The summed E-state index contributed by atoms with van der Waals surface area (Å²) in [5.74, 6) is 1.85. The molecule has 3 aliphatic rings. The van der Waals surface area contributed by atoms with Crippen molar-refractivity contribution in [2.75, 3.05) is 6.61 Å². The molecule has 0 radical (unpaired) electrons. The number of rotatable bonds is 4. The van der Waals surface area contributed by atoms with Crippen LogP contribution >= 0.6 is 0 Å². The standard InChI is InChI=1S/C20H32F2O2/c1-14-3-6-16(7-4-14)13-23-18-10-8-17(9-11-18)19-12-5-15(2)20(21,22)24-19/h5,14,16-19H,3-4,6-13H2,1-2H3. The molecule has 2 nitrogen and oxygen atoms in total. The summed E-state index contributed by atoms with van der Waals surface area (Å²) in [5.41, 5.74) is 0.0533. The van der Waals surface area contributed by atoms with E-state index in [0.717, 1.165) is 44.1 Å². The van der Waals surface area contributed by atoms with E-state index in [2.05, 4.69) is 6.92 Å². The zero-order valence-corrected chi connectivity index (χ0v) is 15.1. The Kier molecular flexibility index (Phi) is 5.97. The van der Waals surface area contributed by atoms with Crippen LogP contribution in [0.3, 0.4) is 0 Å². The van der Waals surface area contributed by atoms with Crippen LogP contribution in [0.15, 0.2) is 11.6 Å². The summed E-state index contributed by atoms with van der Waals surface area (Å²) in [6.45, 7) is 4.68. The van der Waals surface area contributed by atoms with Gasteiger partial charge >= 0.3 is 6.11 Å². The first-order chi connectivity index (χ1) is 11.4. The Morgan fingerprint density at radius 3 is 2.38 bits per heavy atom. The zero-order chi connectivity index (χ0) is 17.2. The molecule has 1 atom stereocenters. The molecule has 1 aliphatic heterocycles. The van der Waals surface area contributed by atoms with Crippen LogP contribution in [0.5, 0.6) is 0 Å². The lowest BCUT2D eigenvalue weighted by Gasteiger charge is -2.37. The summed E-state index contributed by atoms with van der Waals surface area (Å²) >= 11 is 0. The van der Waals surface area contributed by atoms with Crippen LogP contribution in [0, 0.1) is 17.8 Å². The van der Waals surface area contributed by atoms with Gasteiger partial charge in [0.05, 0.1) is 12.2 Å². The van der Waals surface area contributed by atoms with Gasteiger partial charge in [-0.3, -0.25) is 0 Å². The maximum atomic E-state index is 13.7. The number of hydrogen-bond donors (Lipinski definition) is 0. The second-order valence-electron chi connectivity index (χ2n) is 8.29. The molecule has 1 unspecified atom stereocenters. The Balaban J connectivity index is 1.38. The van der Waals surface area contributed by atoms with Gasteiger partial charge in [-0.1, -0.05) is 25.8 Å². The molecule has 2 saturated carbocycles. The van der Waals surface area contributed by atoms with Crippen molar-refractivity contribution in [1.82, 2.24) is 0 Å². The molecule has 0 bridgehead atoms. The van der Waals surface area contributed by atoms with E-state index in [1.165, 1.54) is 32.6 Å². The fourth-order valence-corrected chi connectivity index (χ4v) is 4.43. The monoisotopic (exact) mass is 342 g/mol. The molecule has 138 valence electrons. The average molecular weight is 342 g/mol. The molecule has 4 heteroatoms. The van der Waals surface area contributed by atoms with Crippen LogP contribution in [0.4, 0.5) is 8.78 Å². The van der Waals surface area contributed by atoms with Crippen molar-refractivity contribution in [3.05, 3.63) is 11.6 Å². The highest BCUT2D eigenvalue weighted by molar-refractivity contribution is 5.10. The quantitative estimate of drug-likeness (QED) is 0.609. The molecule has 0 aromatic rings. The van der Waals surface area contributed by atoms with Crippen molar-refractivity contribution >= 4 is 0 Å². The predicted octanol–water partition coefficient (Wildman–Crippen LogP) is 5.72. The van der Waals surface area contributed by atoms with E-state index in [4.69, 9.17) is 9.47 Å². The van der Waals surface area contributed by atoms with E-state index in [9.17, 15) is 8.78 Å². The van der Waals surface area contributed by atoms with Crippen molar-refractivity contribution < 1.29 is 18.3 Å². The van der Waals surface area contributed by atoms with Crippen LogP contribution in [0.2, 0.25) is 0 Å². The molecule has 3 rings (SSSR count). The highest BCUT2D eigenvalue weighted by atomic mass is 19.3. The molecule has 2 fully saturated rings. The second kappa shape index (κ2) is 7.82. The summed E-state index contributed by atoms with van der Waals surface area (Å²) < 4.78 is 38.7. The minimum Gasteiger partial charge on any atom is -0.378 e. The summed E-state index contributed by atoms with van der Waals surface area (Å²) in [6, 6.07) is 0. The van der Waals surface area contributed by atoms with Gasteiger partial charge < -0.3 is 9.47 Å². The van der Waals surface area contributed by atoms with Gasteiger partial charge in [-0.25, -0.2) is 0 Å². The summed E-state index contributed by atoms with van der Waals surface area (Å²) in [5, 5.41) is 0. The first kappa shape index (κ1) is 18.3. The van der Waals surface area contributed by atoms with E-state index < -0.39 is 6.11 Å². The summed E-state index contributed by atoms with van der Waals surface area (Å²) in [7, 11) is 0. The Hall–Kier alpha value is -0.480. The number of ether oxygens (including phenoxy) is 2. The molecule has 0 aromatic carbocycles. The van der Waals surface area contributed by atoms with E-state index >= 15 is 0 Å². The minimum atomic E-state index is -3.08. The first-order valence-electron chi connectivity index (χ1n) is 9.78. The minimum absolute atomic E-state index is 0.0533. The number of alkyl halides is 2. The van der Waals surface area contributed by atoms with Crippen molar-refractivity contribution in [2.45, 2.75) is 90.0 Å². The lowest BCUT2D eigenvalue weighted by atomic mass is 9.81. The predicted molar refractivity (Wildman–Crippen MR) is 91.0 cm³/mol. The maximum Gasteiger partial charge on any atom is 0.379 e. The van der Waals surface area contributed by atoms with Gasteiger partial charge in [-0.15, -0.1) is 0 Å².